The molecule has 0 aromatic heterocycles. The average molecular weight is 360 g/mol. The molecule has 2 heterocycles. The fraction of sp³-hybridized carbons (Fsp3) is 0.667. The van der Waals surface area contributed by atoms with Gasteiger partial charge in [-0.2, -0.15) is 0 Å². The monoisotopic (exact) mass is 360 g/mol. The Morgan fingerprint density at radius 2 is 2.00 bits per heavy atom. The van der Waals surface area contributed by atoms with Gasteiger partial charge in [-0.05, 0) is 30.2 Å². The Bertz CT molecular complexity index is 570. The number of aliphatic hydroxyl groups is 1. The van der Waals surface area contributed by atoms with Crippen molar-refractivity contribution in [3.63, 3.8) is 0 Å². The predicted molar refractivity (Wildman–Crippen MR) is 102 cm³/mol. The number of hydrogen-bond donors (Lipinski definition) is 1. The SMILES string of the molecule is COCCN1CC(CO)C2(CCN(C(=O)CCc3ccccc3)CC2)C1. The highest BCUT2D eigenvalue weighted by Crippen LogP contribution is 2.44. The summed E-state index contributed by atoms with van der Waals surface area (Å²) in [5.41, 5.74) is 1.39. The van der Waals surface area contributed by atoms with Crippen molar-refractivity contribution in [1.29, 1.82) is 0 Å². The molecule has 2 fully saturated rings. The number of carbonyl (C=O) groups is 1. The first-order valence-corrected chi connectivity index (χ1v) is 9.81. The molecule has 1 atom stereocenters. The first kappa shape index (κ1) is 19.3. The molecular weight excluding hydrogens is 328 g/mol. The van der Waals surface area contributed by atoms with Crippen LogP contribution in [0, 0.1) is 11.3 Å². The van der Waals surface area contributed by atoms with Crippen LogP contribution in [-0.2, 0) is 16.0 Å². The zero-order valence-corrected chi connectivity index (χ0v) is 15.9. The Morgan fingerprint density at radius 3 is 2.65 bits per heavy atom. The number of nitrogens with zero attached hydrogens (tertiary/aromatic N) is 2. The van der Waals surface area contributed by atoms with Crippen LogP contribution in [0.4, 0.5) is 0 Å². The van der Waals surface area contributed by atoms with Gasteiger partial charge in [0.15, 0.2) is 0 Å². The second kappa shape index (κ2) is 8.98. The Kier molecular flexibility index (Phi) is 6.68. The fourth-order valence-electron chi connectivity index (χ4n) is 4.61. The molecule has 0 saturated carbocycles. The lowest BCUT2D eigenvalue weighted by Gasteiger charge is -2.42. The Balaban J connectivity index is 1.50. The van der Waals surface area contributed by atoms with Crippen LogP contribution in [-0.4, -0.2) is 73.9 Å². The van der Waals surface area contributed by atoms with Crippen molar-refractivity contribution in [2.24, 2.45) is 11.3 Å². The van der Waals surface area contributed by atoms with E-state index in [1.165, 1.54) is 5.56 Å². The smallest absolute Gasteiger partial charge is 0.222 e. The van der Waals surface area contributed by atoms with Gasteiger partial charge in [0.05, 0.1) is 6.61 Å². The molecule has 2 aliphatic rings. The van der Waals surface area contributed by atoms with E-state index in [-0.39, 0.29) is 17.9 Å². The van der Waals surface area contributed by atoms with Gasteiger partial charge in [0, 0.05) is 58.8 Å². The molecule has 2 aliphatic heterocycles. The highest BCUT2D eigenvalue weighted by atomic mass is 16.5. The van der Waals surface area contributed by atoms with Crippen molar-refractivity contribution < 1.29 is 14.6 Å². The number of carbonyl (C=O) groups excluding carboxylic acids is 1. The van der Waals surface area contributed by atoms with Gasteiger partial charge in [-0.15, -0.1) is 0 Å². The normalized spacial score (nSPS) is 22.8. The van der Waals surface area contributed by atoms with Crippen molar-refractivity contribution in [2.75, 3.05) is 53.0 Å². The number of aryl methyl sites for hydroxylation is 1. The molecule has 2 saturated heterocycles. The van der Waals surface area contributed by atoms with Crippen molar-refractivity contribution in [2.45, 2.75) is 25.7 Å². The Labute approximate surface area is 156 Å². The van der Waals surface area contributed by atoms with Crippen LogP contribution in [0.15, 0.2) is 30.3 Å². The van der Waals surface area contributed by atoms with Crippen molar-refractivity contribution in [3.05, 3.63) is 35.9 Å². The molecule has 0 radical (unpaired) electrons. The second-order valence-corrected chi connectivity index (χ2v) is 7.84. The molecule has 0 bridgehead atoms. The summed E-state index contributed by atoms with van der Waals surface area (Å²) in [6.45, 7) is 5.51. The van der Waals surface area contributed by atoms with Crippen molar-refractivity contribution >= 4 is 5.91 Å². The van der Waals surface area contributed by atoms with Gasteiger partial charge >= 0.3 is 0 Å². The average Bonchev–Trinajstić information content (AvgIpc) is 3.03. The van der Waals surface area contributed by atoms with E-state index < -0.39 is 0 Å². The predicted octanol–water partition coefficient (Wildman–Crippen LogP) is 1.80. The van der Waals surface area contributed by atoms with E-state index >= 15 is 0 Å². The van der Waals surface area contributed by atoms with Crippen molar-refractivity contribution in [1.82, 2.24) is 9.80 Å². The molecule has 1 aromatic rings. The summed E-state index contributed by atoms with van der Waals surface area (Å²) in [7, 11) is 1.73. The van der Waals surface area contributed by atoms with Crippen LogP contribution in [0.5, 0.6) is 0 Å². The molecule has 1 N–H and O–H groups in total. The molecule has 26 heavy (non-hydrogen) atoms. The molecule has 5 nitrogen and oxygen atoms in total. The maximum Gasteiger partial charge on any atom is 0.222 e. The summed E-state index contributed by atoms with van der Waals surface area (Å²) in [6.07, 6.45) is 3.39. The Morgan fingerprint density at radius 1 is 1.27 bits per heavy atom. The van der Waals surface area contributed by atoms with E-state index in [1.54, 1.807) is 7.11 Å². The van der Waals surface area contributed by atoms with Crippen LogP contribution >= 0.6 is 0 Å². The number of piperidine rings is 1. The molecule has 3 rings (SSSR count). The summed E-state index contributed by atoms with van der Waals surface area (Å²) < 4.78 is 5.20. The van der Waals surface area contributed by atoms with Crippen LogP contribution in [0.1, 0.15) is 24.8 Å². The van der Waals surface area contributed by atoms with E-state index in [0.29, 0.717) is 12.3 Å². The minimum absolute atomic E-state index is 0.165. The lowest BCUT2D eigenvalue weighted by molar-refractivity contribution is -0.133. The highest BCUT2D eigenvalue weighted by molar-refractivity contribution is 5.76. The number of likely N-dealkylation sites (tertiary alicyclic amines) is 2. The van der Waals surface area contributed by atoms with Gasteiger partial charge in [0.25, 0.3) is 0 Å². The fourth-order valence-corrected chi connectivity index (χ4v) is 4.61. The summed E-state index contributed by atoms with van der Waals surface area (Å²) in [4.78, 5) is 17.0. The third-order valence-electron chi connectivity index (χ3n) is 6.30. The number of ether oxygens (including phenoxy) is 1. The number of aliphatic hydroxyl groups excluding tert-OH is 1. The summed E-state index contributed by atoms with van der Waals surface area (Å²) in [5, 5.41) is 9.87. The number of rotatable bonds is 7. The molecule has 1 aromatic carbocycles. The largest absolute Gasteiger partial charge is 0.396 e. The first-order chi connectivity index (χ1) is 12.7. The lowest BCUT2D eigenvalue weighted by Crippen LogP contribution is -2.47. The molecule has 0 aliphatic carbocycles. The third-order valence-corrected chi connectivity index (χ3v) is 6.30. The van der Waals surface area contributed by atoms with E-state index in [0.717, 1.165) is 58.6 Å². The van der Waals surface area contributed by atoms with Crippen LogP contribution in [0.3, 0.4) is 0 Å². The van der Waals surface area contributed by atoms with Gasteiger partial charge in [0.2, 0.25) is 5.91 Å². The van der Waals surface area contributed by atoms with E-state index in [2.05, 4.69) is 17.0 Å². The van der Waals surface area contributed by atoms with E-state index in [9.17, 15) is 9.90 Å². The second-order valence-electron chi connectivity index (χ2n) is 7.84. The van der Waals surface area contributed by atoms with Crippen LogP contribution < -0.4 is 0 Å². The summed E-state index contributed by atoms with van der Waals surface area (Å²) in [6, 6.07) is 10.2. The number of methoxy groups -OCH3 is 1. The molecule has 1 amide bonds. The molecule has 144 valence electrons. The van der Waals surface area contributed by atoms with E-state index in [1.807, 2.05) is 23.1 Å². The van der Waals surface area contributed by atoms with Crippen LogP contribution in [0.25, 0.3) is 0 Å². The van der Waals surface area contributed by atoms with Crippen molar-refractivity contribution in [3.8, 4) is 0 Å². The number of hydrogen-bond acceptors (Lipinski definition) is 4. The maximum atomic E-state index is 12.6. The minimum Gasteiger partial charge on any atom is -0.396 e. The summed E-state index contributed by atoms with van der Waals surface area (Å²) in [5.74, 6) is 0.583. The van der Waals surface area contributed by atoms with Crippen LogP contribution in [0.2, 0.25) is 0 Å². The minimum atomic E-state index is 0.165. The third kappa shape index (κ3) is 4.45. The lowest BCUT2D eigenvalue weighted by atomic mass is 9.71. The molecule has 5 heteroatoms. The standard InChI is InChI=1S/C21H32N2O3/c1-26-14-13-22-15-19(16-24)21(17-22)9-11-23(12-10-21)20(25)8-7-18-5-3-2-4-6-18/h2-6,19,24H,7-17H2,1H3. The first-order valence-electron chi connectivity index (χ1n) is 9.81. The number of amides is 1. The molecule has 1 unspecified atom stereocenters. The molecular formula is C21H32N2O3. The number of benzene rings is 1. The highest BCUT2D eigenvalue weighted by Gasteiger charge is 2.47. The van der Waals surface area contributed by atoms with Gasteiger partial charge in [-0.25, -0.2) is 0 Å². The quantitative estimate of drug-likeness (QED) is 0.806. The zero-order chi connectivity index (χ0) is 18.4. The zero-order valence-electron chi connectivity index (χ0n) is 15.9. The van der Waals surface area contributed by atoms with Gasteiger partial charge in [-0.1, -0.05) is 30.3 Å². The molecule has 1 spiro atoms. The van der Waals surface area contributed by atoms with Gasteiger partial charge < -0.3 is 19.6 Å². The topological polar surface area (TPSA) is 53.0 Å². The Hall–Kier alpha value is -1.43. The summed E-state index contributed by atoms with van der Waals surface area (Å²) >= 11 is 0. The maximum absolute atomic E-state index is 12.6. The van der Waals surface area contributed by atoms with E-state index in [4.69, 9.17) is 4.74 Å². The van der Waals surface area contributed by atoms with Gasteiger partial charge in [0.1, 0.15) is 0 Å². The van der Waals surface area contributed by atoms with Gasteiger partial charge in [-0.3, -0.25) is 4.79 Å².